The van der Waals surface area contributed by atoms with E-state index in [0.29, 0.717) is 6.61 Å². The van der Waals surface area contributed by atoms with Crippen molar-refractivity contribution < 1.29 is 4.74 Å². The third-order valence-corrected chi connectivity index (χ3v) is 4.55. The van der Waals surface area contributed by atoms with Crippen LogP contribution in [-0.2, 0) is 13.0 Å². The molecule has 0 radical (unpaired) electrons. The van der Waals surface area contributed by atoms with Crippen LogP contribution in [0.25, 0.3) is 11.1 Å². The maximum atomic E-state index is 6.36. The zero-order valence-corrected chi connectivity index (χ0v) is 15.1. The zero-order valence-electron chi connectivity index (χ0n) is 15.1. The van der Waals surface area contributed by atoms with Crippen LogP contribution >= 0.6 is 0 Å². The Hall–Kier alpha value is -3.39. The Morgan fingerprint density at radius 3 is 2.00 bits per heavy atom. The Labute approximate surface area is 160 Å². The fourth-order valence-electron chi connectivity index (χ4n) is 3.20. The van der Waals surface area contributed by atoms with E-state index < -0.39 is 0 Å². The molecule has 27 heavy (non-hydrogen) atoms. The molecule has 0 N–H and O–H groups in total. The lowest BCUT2D eigenvalue weighted by atomic mass is 9.98. The molecule has 0 saturated carbocycles. The first kappa shape index (κ1) is 17.0. The van der Waals surface area contributed by atoms with Gasteiger partial charge in [0.05, 0.1) is 0 Å². The van der Waals surface area contributed by atoms with Crippen molar-refractivity contribution in [1.29, 1.82) is 0 Å². The van der Waals surface area contributed by atoms with Crippen LogP contribution in [0.3, 0.4) is 0 Å². The van der Waals surface area contributed by atoms with Gasteiger partial charge in [0.15, 0.2) is 0 Å². The minimum Gasteiger partial charge on any atom is -0.488 e. The molecule has 0 amide bonds. The highest BCUT2D eigenvalue weighted by atomic mass is 16.5. The molecule has 0 unspecified atom stereocenters. The lowest BCUT2D eigenvalue weighted by Gasteiger charge is -2.17. The fraction of sp³-hybridized carbons (Fsp3) is 0.0800. The molecule has 2 nitrogen and oxygen atoms in total. The van der Waals surface area contributed by atoms with E-state index in [1.54, 1.807) is 0 Å². The van der Waals surface area contributed by atoms with Crippen LogP contribution in [0, 0.1) is 0 Å². The maximum Gasteiger partial charge on any atom is 0.131 e. The van der Waals surface area contributed by atoms with Crippen LogP contribution in [0.1, 0.15) is 16.7 Å². The Bertz CT molecular complexity index is 982. The Morgan fingerprint density at radius 2 is 1.30 bits per heavy atom. The summed E-state index contributed by atoms with van der Waals surface area (Å²) in [5.74, 6) is 0.941. The summed E-state index contributed by atoms with van der Waals surface area (Å²) in [6.07, 6.45) is 4.48. The molecular weight excluding hydrogens is 330 g/mol. The molecule has 0 atom stereocenters. The average molecular weight is 351 g/mol. The van der Waals surface area contributed by atoms with Crippen LogP contribution in [0.15, 0.2) is 103 Å². The maximum absolute atomic E-state index is 6.36. The van der Waals surface area contributed by atoms with Crippen molar-refractivity contribution in [2.75, 3.05) is 0 Å². The van der Waals surface area contributed by atoms with E-state index in [9.17, 15) is 0 Å². The summed E-state index contributed by atoms with van der Waals surface area (Å²) < 4.78 is 6.36. The van der Waals surface area contributed by atoms with Gasteiger partial charge in [0.25, 0.3) is 0 Å². The Kier molecular flexibility index (Phi) is 5.26. The molecule has 0 saturated heterocycles. The number of para-hydroxylation sites is 1. The molecule has 3 aromatic carbocycles. The van der Waals surface area contributed by atoms with E-state index in [2.05, 4.69) is 59.6 Å². The Balaban J connectivity index is 1.71. The number of pyridine rings is 1. The van der Waals surface area contributed by atoms with Gasteiger partial charge < -0.3 is 4.74 Å². The molecule has 0 aliphatic carbocycles. The number of hydrogen-bond acceptors (Lipinski definition) is 2. The van der Waals surface area contributed by atoms with Crippen LogP contribution < -0.4 is 4.74 Å². The van der Waals surface area contributed by atoms with Gasteiger partial charge in [-0.2, -0.15) is 0 Å². The van der Waals surface area contributed by atoms with Gasteiger partial charge in [-0.25, -0.2) is 0 Å². The molecule has 132 valence electrons. The van der Waals surface area contributed by atoms with E-state index in [1.807, 2.05) is 48.8 Å². The smallest absolute Gasteiger partial charge is 0.131 e. The number of nitrogens with zero attached hydrogens (tertiary/aromatic N) is 1. The standard InChI is InChI=1S/C25H21NO/c1-3-8-20(9-4-1)18-23-12-7-13-24(22-14-16-26-17-15-22)25(23)27-19-21-10-5-2-6-11-21/h1-17H,18-19H2. The van der Waals surface area contributed by atoms with E-state index in [4.69, 9.17) is 4.74 Å². The summed E-state index contributed by atoms with van der Waals surface area (Å²) in [6.45, 7) is 0.546. The summed E-state index contributed by atoms with van der Waals surface area (Å²) in [7, 11) is 0. The van der Waals surface area contributed by atoms with Crippen LogP contribution in [0.5, 0.6) is 5.75 Å². The first-order chi connectivity index (χ1) is 13.4. The van der Waals surface area contributed by atoms with Crippen molar-refractivity contribution in [1.82, 2.24) is 4.98 Å². The minimum atomic E-state index is 0.546. The zero-order chi connectivity index (χ0) is 18.3. The van der Waals surface area contributed by atoms with E-state index in [-0.39, 0.29) is 0 Å². The first-order valence-electron chi connectivity index (χ1n) is 9.13. The molecular formula is C25H21NO. The van der Waals surface area contributed by atoms with Gasteiger partial charge in [0.1, 0.15) is 12.4 Å². The highest BCUT2D eigenvalue weighted by Gasteiger charge is 2.12. The topological polar surface area (TPSA) is 22.1 Å². The third-order valence-electron chi connectivity index (χ3n) is 4.55. The van der Waals surface area contributed by atoms with Crippen molar-refractivity contribution in [2.45, 2.75) is 13.0 Å². The summed E-state index contributed by atoms with van der Waals surface area (Å²) >= 11 is 0. The summed E-state index contributed by atoms with van der Waals surface area (Å²) in [5, 5.41) is 0. The summed E-state index contributed by atoms with van der Waals surface area (Å²) in [4.78, 5) is 4.14. The van der Waals surface area contributed by atoms with Crippen LogP contribution in [-0.4, -0.2) is 4.98 Å². The van der Waals surface area contributed by atoms with Crippen LogP contribution in [0.4, 0.5) is 0 Å². The van der Waals surface area contributed by atoms with Crippen molar-refractivity contribution in [3.05, 3.63) is 120 Å². The predicted molar refractivity (Wildman–Crippen MR) is 110 cm³/mol. The highest BCUT2D eigenvalue weighted by Crippen LogP contribution is 2.35. The molecule has 1 heterocycles. The van der Waals surface area contributed by atoms with Gasteiger partial charge in [-0.1, -0.05) is 78.9 Å². The second kappa shape index (κ2) is 8.33. The summed E-state index contributed by atoms with van der Waals surface area (Å²) in [6, 6.07) is 31.2. The van der Waals surface area contributed by atoms with E-state index >= 15 is 0 Å². The highest BCUT2D eigenvalue weighted by molar-refractivity contribution is 5.72. The number of benzene rings is 3. The van der Waals surface area contributed by atoms with Gasteiger partial charge in [0.2, 0.25) is 0 Å². The lowest BCUT2D eigenvalue weighted by Crippen LogP contribution is -2.01. The van der Waals surface area contributed by atoms with Crippen molar-refractivity contribution in [2.24, 2.45) is 0 Å². The van der Waals surface area contributed by atoms with E-state index in [0.717, 1.165) is 28.9 Å². The fourth-order valence-corrected chi connectivity index (χ4v) is 3.20. The van der Waals surface area contributed by atoms with Gasteiger partial charge in [-0.05, 0) is 34.4 Å². The molecule has 2 heteroatoms. The van der Waals surface area contributed by atoms with Gasteiger partial charge in [-0.15, -0.1) is 0 Å². The molecule has 4 aromatic rings. The van der Waals surface area contributed by atoms with E-state index in [1.165, 1.54) is 11.1 Å². The molecule has 0 spiro atoms. The largest absolute Gasteiger partial charge is 0.488 e. The second-order valence-electron chi connectivity index (χ2n) is 6.47. The minimum absolute atomic E-state index is 0.546. The molecule has 0 fully saturated rings. The summed E-state index contributed by atoms with van der Waals surface area (Å²) in [5.41, 5.74) is 5.83. The number of aromatic nitrogens is 1. The normalized spacial score (nSPS) is 10.5. The number of hydrogen-bond donors (Lipinski definition) is 0. The molecule has 1 aromatic heterocycles. The van der Waals surface area contributed by atoms with Gasteiger partial charge in [0, 0.05) is 24.4 Å². The van der Waals surface area contributed by atoms with Crippen LogP contribution in [0.2, 0.25) is 0 Å². The SMILES string of the molecule is c1ccc(COc2c(Cc3ccccc3)cccc2-c2ccncc2)cc1. The third kappa shape index (κ3) is 4.24. The second-order valence-corrected chi connectivity index (χ2v) is 6.47. The van der Waals surface area contributed by atoms with Crippen molar-refractivity contribution in [3.8, 4) is 16.9 Å². The average Bonchev–Trinajstić information content (AvgIpc) is 2.75. The monoisotopic (exact) mass is 351 g/mol. The van der Waals surface area contributed by atoms with Crippen molar-refractivity contribution >= 4 is 0 Å². The molecule has 0 aliphatic rings. The number of rotatable bonds is 6. The molecule has 4 rings (SSSR count). The number of ether oxygens (including phenoxy) is 1. The quantitative estimate of drug-likeness (QED) is 0.430. The van der Waals surface area contributed by atoms with Gasteiger partial charge in [-0.3, -0.25) is 4.98 Å². The molecule has 0 bridgehead atoms. The lowest BCUT2D eigenvalue weighted by molar-refractivity contribution is 0.305. The predicted octanol–water partition coefficient (Wildman–Crippen LogP) is 5.92. The first-order valence-corrected chi connectivity index (χ1v) is 9.13. The van der Waals surface area contributed by atoms with Gasteiger partial charge >= 0.3 is 0 Å². The Morgan fingerprint density at radius 1 is 0.630 bits per heavy atom. The molecule has 0 aliphatic heterocycles. The van der Waals surface area contributed by atoms with Crippen molar-refractivity contribution in [3.63, 3.8) is 0 Å².